The molecule has 0 spiro atoms. The minimum absolute atomic E-state index is 0.00310. The van der Waals surface area contributed by atoms with Crippen LogP contribution in [0.15, 0.2) is 54.6 Å². The summed E-state index contributed by atoms with van der Waals surface area (Å²) < 4.78 is 124. The highest BCUT2D eigenvalue weighted by Crippen LogP contribution is 2.41. The van der Waals surface area contributed by atoms with Crippen LogP contribution < -0.4 is 9.47 Å². The summed E-state index contributed by atoms with van der Waals surface area (Å²) in [7, 11) is 0. The van der Waals surface area contributed by atoms with Gasteiger partial charge in [-0.1, -0.05) is 49.9 Å². The molecule has 0 aromatic heterocycles. The molecule has 2 unspecified atom stereocenters. The Morgan fingerprint density at radius 1 is 0.659 bits per heavy atom. The molecule has 1 saturated heterocycles. The van der Waals surface area contributed by atoms with Crippen LogP contribution in [-0.4, -0.2) is 13.0 Å². The van der Waals surface area contributed by atoms with Crippen molar-refractivity contribution in [2.24, 2.45) is 11.8 Å². The number of hydrogen-bond donors (Lipinski definition) is 0. The number of rotatable bonds is 7. The van der Waals surface area contributed by atoms with Gasteiger partial charge in [0.15, 0.2) is 11.6 Å². The van der Waals surface area contributed by atoms with Crippen molar-refractivity contribution >= 4 is 0 Å². The Labute approximate surface area is 231 Å². The highest BCUT2D eigenvalue weighted by Gasteiger charge is 2.42. The molecule has 1 aliphatic heterocycles. The number of alkyl halides is 5. The number of ether oxygens (including phenoxy) is 3. The Morgan fingerprint density at radius 3 is 1.88 bits per heavy atom. The van der Waals surface area contributed by atoms with Crippen molar-refractivity contribution < 1.29 is 49.3 Å². The van der Waals surface area contributed by atoms with Gasteiger partial charge in [-0.25, -0.2) is 13.2 Å². The van der Waals surface area contributed by atoms with Crippen molar-refractivity contribution in [1.82, 2.24) is 0 Å². The van der Waals surface area contributed by atoms with Gasteiger partial charge < -0.3 is 14.2 Å². The van der Waals surface area contributed by atoms with Crippen LogP contribution in [0.3, 0.4) is 0 Å². The van der Waals surface area contributed by atoms with Crippen LogP contribution in [0.25, 0.3) is 11.1 Å². The van der Waals surface area contributed by atoms with E-state index in [4.69, 9.17) is 4.74 Å². The van der Waals surface area contributed by atoms with Crippen LogP contribution >= 0.6 is 0 Å². The maximum absolute atomic E-state index is 14.8. The van der Waals surface area contributed by atoms with Crippen molar-refractivity contribution in [3.8, 4) is 22.6 Å². The van der Waals surface area contributed by atoms with Crippen molar-refractivity contribution in [3.63, 3.8) is 0 Å². The van der Waals surface area contributed by atoms with E-state index < -0.39 is 47.0 Å². The van der Waals surface area contributed by atoms with E-state index in [2.05, 4.69) is 9.47 Å². The first kappa shape index (κ1) is 29.2. The lowest BCUT2D eigenvalue weighted by Gasteiger charge is -2.32. The van der Waals surface area contributed by atoms with Gasteiger partial charge in [-0.2, -0.15) is 8.78 Å². The minimum atomic E-state index is -5.22. The van der Waals surface area contributed by atoms with Crippen LogP contribution in [0.4, 0.5) is 35.1 Å². The normalized spacial score (nSPS) is 20.3. The van der Waals surface area contributed by atoms with Crippen molar-refractivity contribution in [2.75, 3.05) is 6.61 Å². The first-order valence-corrected chi connectivity index (χ1v) is 13.2. The average molecular weight is 587 g/mol. The van der Waals surface area contributed by atoms with Gasteiger partial charge in [-0.15, -0.1) is 13.2 Å². The van der Waals surface area contributed by atoms with Gasteiger partial charge in [0.1, 0.15) is 22.9 Å². The lowest BCUT2D eigenvalue weighted by Crippen LogP contribution is -2.25. The molecule has 11 heteroatoms. The second kappa shape index (κ2) is 11.5. The minimum Gasteiger partial charge on any atom is -0.429 e. The monoisotopic (exact) mass is 586 g/mol. The SMILES string of the molecule is Fc1cc(OC(F)(F)c2c(F)cc(-c3ccc(C4CCC(C5CCCC5)CO4)cc3)cc2F)ccc1OC(F)(F)F. The molecule has 3 aromatic carbocycles. The smallest absolute Gasteiger partial charge is 0.429 e. The second-order valence-electron chi connectivity index (χ2n) is 10.4. The Bertz CT molecular complexity index is 1340. The molecule has 0 amide bonds. The molecule has 1 heterocycles. The van der Waals surface area contributed by atoms with Gasteiger partial charge in [0.05, 0.1) is 12.7 Å². The highest BCUT2D eigenvalue weighted by molar-refractivity contribution is 5.64. The summed E-state index contributed by atoms with van der Waals surface area (Å²) in [6.45, 7) is 0.698. The first-order valence-electron chi connectivity index (χ1n) is 13.2. The van der Waals surface area contributed by atoms with Crippen molar-refractivity contribution in [3.05, 3.63) is 83.2 Å². The zero-order valence-corrected chi connectivity index (χ0v) is 21.6. The summed E-state index contributed by atoms with van der Waals surface area (Å²) in [5.74, 6) is -5.88. The molecule has 0 bridgehead atoms. The lowest BCUT2D eigenvalue weighted by atomic mass is 9.84. The highest BCUT2D eigenvalue weighted by atomic mass is 19.4. The largest absolute Gasteiger partial charge is 0.573 e. The topological polar surface area (TPSA) is 27.7 Å². The molecule has 2 atom stereocenters. The quantitative estimate of drug-likeness (QED) is 0.258. The van der Waals surface area contributed by atoms with E-state index in [0.29, 0.717) is 30.2 Å². The van der Waals surface area contributed by atoms with Gasteiger partial charge in [0, 0.05) is 6.07 Å². The van der Waals surface area contributed by atoms with E-state index in [1.807, 2.05) is 0 Å². The Morgan fingerprint density at radius 2 is 1.32 bits per heavy atom. The summed E-state index contributed by atoms with van der Waals surface area (Å²) in [6, 6.07) is 9.37. The van der Waals surface area contributed by atoms with Crippen LogP contribution in [0.1, 0.15) is 55.8 Å². The summed E-state index contributed by atoms with van der Waals surface area (Å²) in [4.78, 5) is 0. The van der Waals surface area contributed by atoms with Gasteiger partial charge in [0.2, 0.25) is 0 Å². The molecule has 1 aliphatic carbocycles. The van der Waals surface area contributed by atoms with E-state index in [1.165, 1.54) is 25.7 Å². The number of hydrogen-bond acceptors (Lipinski definition) is 3. The third-order valence-corrected chi connectivity index (χ3v) is 7.70. The molecule has 2 aliphatic rings. The summed E-state index contributed by atoms with van der Waals surface area (Å²) in [5.41, 5.74) is -0.447. The molecule has 0 N–H and O–H groups in total. The number of halogens is 8. The predicted molar refractivity (Wildman–Crippen MR) is 133 cm³/mol. The van der Waals surface area contributed by atoms with Gasteiger partial charge in [-0.3, -0.25) is 0 Å². The van der Waals surface area contributed by atoms with Crippen molar-refractivity contribution in [1.29, 1.82) is 0 Å². The Hall–Kier alpha value is -3.34. The molecular formula is C30H26F8O3. The Kier molecular flexibility index (Phi) is 8.18. The third-order valence-electron chi connectivity index (χ3n) is 7.70. The molecule has 2 fully saturated rings. The molecule has 0 radical (unpaired) electrons. The fourth-order valence-corrected chi connectivity index (χ4v) is 5.69. The third kappa shape index (κ3) is 6.77. The zero-order chi connectivity index (χ0) is 29.4. The van der Waals surface area contributed by atoms with E-state index in [9.17, 15) is 35.1 Å². The van der Waals surface area contributed by atoms with Crippen LogP contribution in [0.5, 0.6) is 11.5 Å². The summed E-state index contributed by atoms with van der Waals surface area (Å²) >= 11 is 0. The molecule has 41 heavy (non-hydrogen) atoms. The zero-order valence-electron chi connectivity index (χ0n) is 21.6. The van der Waals surface area contributed by atoms with E-state index in [-0.39, 0.29) is 17.7 Å². The fourth-order valence-electron chi connectivity index (χ4n) is 5.69. The predicted octanol–water partition coefficient (Wildman–Crippen LogP) is 9.46. The molecule has 220 valence electrons. The maximum atomic E-state index is 14.8. The Balaban J connectivity index is 1.27. The van der Waals surface area contributed by atoms with Crippen LogP contribution in [0, 0.1) is 29.3 Å². The molecule has 5 rings (SSSR count). The summed E-state index contributed by atoms with van der Waals surface area (Å²) in [6.07, 6.45) is -2.93. The van der Waals surface area contributed by atoms with E-state index in [1.54, 1.807) is 24.3 Å². The second-order valence-corrected chi connectivity index (χ2v) is 10.4. The van der Waals surface area contributed by atoms with Crippen LogP contribution in [-0.2, 0) is 10.8 Å². The van der Waals surface area contributed by atoms with Gasteiger partial charge >= 0.3 is 12.5 Å². The average Bonchev–Trinajstić information content (AvgIpc) is 3.44. The van der Waals surface area contributed by atoms with Gasteiger partial charge in [-0.05, 0) is 65.6 Å². The maximum Gasteiger partial charge on any atom is 0.573 e. The van der Waals surface area contributed by atoms with Crippen molar-refractivity contribution in [2.45, 2.75) is 57.1 Å². The van der Waals surface area contributed by atoms with E-state index in [0.717, 1.165) is 36.5 Å². The fraction of sp³-hybridized carbons (Fsp3) is 0.400. The summed E-state index contributed by atoms with van der Waals surface area (Å²) in [5, 5.41) is 0. The lowest BCUT2D eigenvalue weighted by molar-refractivity contribution is -0.275. The molecule has 3 aromatic rings. The standard InChI is InChI=1S/C30H26F8O3/c31-23-15-22(10-12-27(23)41-30(36,37)38)40-29(34,35)28-24(32)13-21(14-25(28)33)18-5-7-19(8-6-18)26-11-9-20(16-39-26)17-3-1-2-4-17/h5-8,10,12-15,17,20,26H,1-4,9,11,16H2. The van der Waals surface area contributed by atoms with Gasteiger partial charge in [0.25, 0.3) is 0 Å². The molecule has 1 saturated carbocycles. The number of benzene rings is 3. The first-order chi connectivity index (χ1) is 19.4. The molecule has 3 nitrogen and oxygen atoms in total. The molecular weight excluding hydrogens is 560 g/mol. The van der Waals surface area contributed by atoms with E-state index >= 15 is 0 Å². The van der Waals surface area contributed by atoms with Crippen LogP contribution in [0.2, 0.25) is 0 Å².